The summed E-state index contributed by atoms with van der Waals surface area (Å²) in [5.41, 5.74) is 0. The van der Waals surface area contributed by atoms with Gasteiger partial charge in [0.05, 0.1) is 0 Å². The minimum atomic E-state index is -0.761. The molecule has 0 bridgehead atoms. The van der Waals surface area contributed by atoms with Crippen molar-refractivity contribution in [1.82, 2.24) is 0 Å². The minimum Gasteiger partial charge on any atom is -0.462 e. The average Bonchev–Trinajstić information content (AvgIpc) is 3.19. The van der Waals surface area contributed by atoms with Gasteiger partial charge in [0, 0.05) is 19.3 Å². The molecule has 0 saturated carbocycles. The molecule has 0 aliphatic carbocycles. The minimum absolute atomic E-state index is 0.0638. The van der Waals surface area contributed by atoms with Gasteiger partial charge in [-0.3, -0.25) is 14.4 Å². The predicted octanol–water partition coefficient (Wildman–Crippen LogP) is 16.5. The van der Waals surface area contributed by atoms with E-state index >= 15 is 0 Å². The van der Waals surface area contributed by atoms with E-state index in [4.69, 9.17) is 14.2 Å². The summed E-state index contributed by atoms with van der Waals surface area (Å²) in [7, 11) is 0. The van der Waals surface area contributed by atoms with Crippen LogP contribution in [0.25, 0.3) is 0 Å². The van der Waals surface area contributed by atoms with Gasteiger partial charge >= 0.3 is 17.9 Å². The van der Waals surface area contributed by atoms with Gasteiger partial charge in [0.15, 0.2) is 6.10 Å². The van der Waals surface area contributed by atoms with Crippen LogP contribution in [0.1, 0.15) is 285 Å². The zero-order valence-electron chi connectivity index (χ0n) is 39.7. The van der Waals surface area contributed by atoms with Gasteiger partial charge in [0.2, 0.25) is 0 Å². The number of rotatable bonds is 46. The molecule has 0 aliphatic rings. The van der Waals surface area contributed by atoms with Crippen LogP contribution < -0.4 is 0 Å². The molecular formula is C52H100O6. The van der Waals surface area contributed by atoms with Crippen molar-refractivity contribution in [3.8, 4) is 0 Å². The number of hydrogen-bond donors (Lipinski definition) is 0. The SMILES string of the molecule is CCCCCCCCCCCCCCC(=O)OC[C@H](COC(=O)CCCCCCCCCCCCCCC(C)C)OC(=O)CCCCCCCCCCCCC(C)C. The third kappa shape index (κ3) is 45.5. The number of unbranched alkanes of at least 4 members (excludes halogenated alkanes) is 31. The quantitative estimate of drug-likeness (QED) is 0.0346. The molecular weight excluding hydrogens is 721 g/mol. The van der Waals surface area contributed by atoms with Crippen LogP contribution in [-0.2, 0) is 28.6 Å². The molecule has 344 valence electrons. The van der Waals surface area contributed by atoms with E-state index < -0.39 is 6.10 Å². The second kappa shape index (κ2) is 44.9. The highest BCUT2D eigenvalue weighted by atomic mass is 16.6. The van der Waals surface area contributed by atoms with Gasteiger partial charge in [0.25, 0.3) is 0 Å². The summed E-state index contributed by atoms with van der Waals surface area (Å²) in [5, 5.41) is 0. The highest BCUT2D eigenvalue weighted by Crippen LogP contribution is 2.17. The Morgan fingerprint density at radius 1 is 0.328 bits per heavy atom. The van der Waals surface area contributed by atoms with E-state index in [0.717, 1.165) is 69.6 Å². The van der Waals surface area contributed by atoms with Gasteiger partial charge in [-0.25, -0.2) is 0 Å². The largest absolute Gasteiger partial charge is 0.462 e. The molecule has 0 fully saturated rings. The lowest BCUT2D eigenvalue weighted by atomic mass is 10.0. The highest BCUT2D eigenvalue weighted by molar-refractivity contribution is 5.71. The van der Waals surface area contributed by atoms with Crippen LogP contribution in [0.5, 0.6) is 0 Å². The normalized spacial score (nSPS) is 12.1. The monoisotopic (exact) mass is 821 g/mol. The Morgan fingerprint density at radius 2 is 0.569 bits per heavy atom. The molecule has 58 heavy (non-hydrogen) atoms. The molecule has 0 aromatic carbocycles. The van der Waals surface area contributed by atoms with Crippen molar-refractivity contribution >= 4 is 17.9 Å². The van der Waals surface area contributed by atoms with Crippen LogP contribution in [0.15, 0.2) is 0 Å². The molecule has 0 aromatic rings. The molecule has 0 aromatic heterocycles. The number of esters is 3. The first-order valence-corrected chi connectivity index (χ1v) is 25.7. The van der Waals surface area contributed by atoms with Gasteiger partial charge in [-0.15, -0.1) is 0 Å². The molecule has 0 unspecified atom stereocenters. The van der Waals surface area contributed by atoms with Crippen LogP contribution in [0.3, 0.4) is 0 Å². The summed E-state index contributed by atoms with van der Waals surface area (Å²) >= 11 is 0. The summed E-state index contributed by atoms with van der Waals surface area (Å²) in [6.45, 7) is 11.4. The first kappa shape index (κ1) is 56.4. The van der Waals surface area contributed by atoms with E-state index in [1.165, 1.54) is 173 Å². The first-order chi connectivity index (χ1) is 28.2. The molecule has 0 radical (unpaired) electrons. The summed E-state index contributed by atoms with van der Waals surface area (Å²) in [6.07, 6.45) is 45.1. The number of hydrogen-bond acceptors (Lipinski definition) is 6. The van der Waals surface area contributed by atoms with E-state index in [0.29, 0.717) is 19.3 Å². The van der Waals surface area contributed by atoms with Crippen LogP contribution >= 0.6 is 0 Å². The number of carbonyl (C=O) groups is 3. The van der Waals surface area contributed by atoms with Crippen molar-refractivity contribution in [3.05, 3.63) is 0 Å². The van der Waals surface area contributed by atoms with E-state index in [1.54, 1.807) is 0 Å². The summed E-state index contributed by atoms with van der Waals surface area (Å²) in [4.78, 5) is 37.9. The Kier molecular flexibility index (Phi) is 43.7. The Balaban J connectivity index is 4.31. The van der Waals surface area contributed by atoms with Crippen LogP contribution in [0.4, 0.5) is 0 Å². The second-order valence-electron chi connectivity index (χ2n) is 18.8. The van der Waals surface area contributed by atoms with Crippen molar-refractivity contribution in [3.63, 3.8) is 0 Å². The molecule has 0 rings (SSSR count). The molecule has 1 atom stereocenters. The summed E-state index contributed by atoms with van der Waals surface area (Å²) in [5.74, 6) is 0.801. The Morgan fingerprint density at radius 3 is 0.845 bits per heavy atom. The lowest BCUT2D eigenvalue weighted by Crippen LogP contribution is -2.30. The van der Waals surface area contributed by atoms with E-state index in [-0.39, 0.29) is 31.1 Å². The van der Waals surface area contributed by atoms with Crippen molar-refractivity contribution in [2.24, 2.45) is 11.8 Å². The first-order valence-electron chi connectivity index (χ1n) is 25.7. The van der Waals surface area contributed by atoms with E-state index in [9.17, 15) is 14.4 Å². The smallest absolute Gasteiger partial charge is 0.306 e. The molecule has 0 amide bonds. The third-order valence-corrected chi connectivity index (χ3v) is 11.7. The summed E-state index contributed by atoms with van der Waals surface area (Å²) < 4.78 is 16.8. The third-order valence-electron chi connectivity index (χ3n) is 11.7. The predicted molar refractivity (Wildman–Crippen MR) is 247 cm³/mol. The zero-order valence-corrected chi connectivity index (χ0v) is 39.7. The van der Waals surface area contributed by atoms with Crippen molar-refractivity contribution < 1.29 is 28.6 Å². The Bertz CT molecular complexity index is 885. The molecule has 6 heteroatoms. The molecule has 6 nitrogen and oxygen atoms in total. The van der Waals surface area contributed by atoms with Crippen molar-refractivity contribution in [1.29, 1.82) is 0 Å². The fourth-order valence-electron chi connectivity index (χ4n) is 7.81. The molecule has 0 heterocycles. The Labute approximate surface area is 361 Å². The van der Waals surface area contributed by atoms with E-state index in [1.807, 2.05) is 0 Å². The Hall–Kier alpha value is -1.59. The van der Waals surface area contributed by atoms with E-state index in [2.05, 4.69) is 34.6 Å². The van der Waals surface area contributed by atoms with Gasteiger partial charge < -0.3 is 14.2 Å². The maximum Gasteiger partial charge on any atom is 0.306 e. The molecule has 0 saturated heterocycles. The topological polar surface area (TPSA) is 78.9 Å². The standard InChI is InChI=1S/C52H100O6/c1-6-7-8-9-10-11-12-16-22-27-32-37-42-50(53)56-45-49(58-52(55)44-39-34-29-24-19-18-21-26-31-36-41-48(4)5)46-57-51(54)43-38-33-28-23-17-14-13-15-20-25-30-35-40-47(2)3/h47-49H,6-46H2,1-5H3/t49-/m1/s1. The summed E-state index contributed by atoms with van der Waals surface area (Å²) in [6, 6.07) is 0. The maximum absolute atomic E-state index is 12.8. The van der Waals surface area contributed by atoms with Gasteiger partial charge in [-0.05, 0) is 31.1 Å². The van der Waals surface area contributed by atoms with Crippen LogP contribution in [0.2, 0.25) is 0 Å². The zero-order chi connectivity index (χ0) is 42.6. The van der Waals surface area contributed by atoms with Gasteiger partial charge in [0.1, 0.15) is 13.2 Å². The lowest BCUT2D eigenvalue weighted by Gasteiger charge is -2.18. The molecule has 0 N–H and O–H groups in total. The molecule has 0 aliphatic heterocycles. The molecule has 0 spiro atoms. The van der Waals surface area contributed by atoms with Crippen molar-refractivity contribution in [2.75, 3.05) is 13.2 Å². The fraction of sp³-hybridized carbons (Fsp3) is 0.942. The fourth-order valence-corrected chi connectivity index (χ4v) is 7.81. The second-order valence-corrected chi connectivity index (χ2v) is 18.8. The maximum atomic E-state index is 12.8. The van der Waals surface area contributed by atoms with Crippen LogP contribution in [0, 0.1) is 11.8 Å². The van der Waals surface area contributed by atoms with Crippen molar-refractivity contribution in [2.45, 2.75) is 291 Å². The number of carbonyl (C=O) groups excluding carboxylic acids is 3. The lowest BCUT2D eigenvalue weighted by molar-refractivity contribution is -0.167. The van der Waals surface area contributed by atoms with Gasteiger partial charge in [-0.1, -0.05) is 247 Å². The average molecular weight is 821 g/mol. The number of ether oxygens (including phenoxy) is 3. The highest BCUT2D eigenvalue weighted by Gasteiger charge is 2.19. The van der Waals surface area contributed by atoms with Gasteiger partial charge in [-0.2, -0.15) is 0 Å². The van der Waals surface area contributed by atoms with Crippen LogP contribution in [-0.4, -0.2) is 37.2 Å².